The molecule has 1 heterocycles. The highest BCUT2D eigenvalue weighted by molar-refractivity contribution is 5.43. The molecule has 0 unspecified atom stereocenters. The van der Waals surface area contributed by atoms with E-state index in [0.717, 1.165) is 17.1 Å². The van der Waals surface area contributed by atoms with Crippen LogP contribution in [0.2, 0.25) is 0 Å². The molecule has 1 rings (SSSR count). The number of anilines is 1. The fourth-order valence-corrected chi connectivity index (χ4v) is 0.938. The summed E-state index contributed by atoms with van der Waals surface area (Å²) in [5.74, 6) is 0.848. The van der Waals surface area contributed by atoms with E-state index in [-0.39, 0.29) is 0 Å². The first-order valence-corrected chi connectivity index (χ1v) is 4.35. The zero-order valence-corrected chi connectivity index (χ0v) is 8.29. The lowest BCUT2D eigenvalue weighted by molar-refractivity contribution is 0.166. The van der Waals surface area contributed by atoms with Gasteiger partial charge in [-0.15, -0.1) is 0 Å². The summed E-state index contributed by atoms with van der Waals surface area (Å²) in [4.78, 5) is 8.18. The Labute approximate surface area is 78.4 Å². The third-order valence-corrected chi connectivity index (χ3v) is 1.88. The van der Waals surface area contributed by atoms with Crippen LogP contribution in [0.5, 0.6) is 0 Å². The van der Waals surface area contributed by atoms with E-state index in [1.165, 1.54) is 0 Å². The fraction of sp³-hybridized carbons (Fsp3) is 0.556. The second-order valence-corrected chi connectivity index (χ2v) is 2.75. The van der Waals surface area contributed by atoms with Crippen molar-refractivity contribution in [3.8, 4) is 0 Å². The number of nitrogens with zero attached hydrogens (tertiary/aromatic N) is 2. The van der Waals surface area contributed by atoms with Crippen LogP contribution in [0.1, 0.15) is 18.2 Å². The van der Waals surface area contributed by atoms with Crippen LogP contribution >= 0.6 is 0 Å². The van der Waals surface area contributed by atoms with Crippen LogP contribution in [0.25, 0.3) is 0 Å². The SMILES string of the molecule is CCOCNc1ncnc(C)c1C. The molecule has 4 nitrogen and oxygen atoms in total. The van der Waals surface area contributed by atoms with Crippen LogP contribution in [-0.4, -0.2) is 23.3 Å². The third-order valence-electron chi connectivity index (χ3n) is 1.88. The van der Waals surface area contributed by atoms with Crippen LogP contribution in [-0.2, 0) is 4.74 Å². The molecule has 0 spiro atoms. The van der Waals surface area contributed by atoms with Gasteiger partial charge in [0.15, 0.2) is 0 Å². The van der Waals surface area contributed by atoms with Crippen molar-refractivity contribution in [1.82, 2.24) is 9.97 Å². The summed E-state index contributed by atoms with van der Waals surface area (Å²) in [6.07, 6.45) is 1.55. The molecule has 0 amide bonds. The van der Waals surface area contributed by atoms with E-state index in [1.54, 1.807) is 6.33 Å². The lowest BCUT2D eigenvalue weighted by Crippen LogP contribution is -2.09. The Hall–Kier alpha value is -1.16. The Morgan fingerprint density at radius 3 is 2.85 bits per heavy atom. The van der Waals surface area contributed by atoms with Crippen molar-refractivity contribution in [1.29, 1.82) is 0 Å². The molecule has 0 saturated heterocycles. The quantitative estimate of drug-likeness (QED) is 0.565. The topological polar surface area (TPSA) is 47.0 Å². The van der Waals surface area contributed by atoms with Gasteiger partial charge in [0.05, 0.1) is 0 Å². The number of hydrogen-bond acceptors (Lipinski definition) is 4. The van der Waals surface area contributed by atoms with E-state index in [1.807, 2.05) is 20.8 Å². The number of ether oxygens (including phenoxy) is 1. The summed E-state index contributed by atoms with van der Waals surface area (Å²) in [6, 6.07) is 0. The van der Waals surface area contributed by atoms with E-state index < -0.39 is 0 Å². The van der Waals surface area contributed by atoms with Gasteiger partial charge in [0.2, 0.25) is 0 Å². The molecule has 0 aliphatic rings. The highest BCUT2D eigenvalue weighted by Crippen LogP contribution is 2.11. The Morgan fingerprint density at radius 1 is 1.38 bits per heavy atom. The second-order valence-electron chi connectivity index (χ2n) is 2.75. The molecule has 0 atom stereocenters. The van der Waals surface area contributed by atoms with Crippen molar-refractivity contribution in [2.45, 2.75) is 20.8 Å². The van der Waals surface area contributed by atoms with Crippen molar-refractivity contribution < 1.29 is 4.74 Å². The maximum Gasteiger partial charge on any atom is 0.134 e. The lowest BCUT2D eigenvalue weighted by Gasteiger charge is -2.08. The highest BCUT2D eigenvalue weighted by Gasteiger charge is 2.01. The standard InChI is InChI=1S/C9H15N3O/c1-4-13-6-12-9-7(2)8(3)10-5-11-9/h5H,4,6H2,1-3H3,(H,10,11,12). The Bertz CT molecular complexity index is 276. The van der Waals surface area contributed by atoms with E-state index in [2.05, 4.69) is 15.3 Å². The summed E-state index contributed by atoms with van der Waals surface area (Å²) >= 11 is 0. The molecule has 1 aromatic rings. The maximum absolute atomic E-state index is 5.16. The first kappa shape index (κ1) is 9.92. The van der Waals surface area contributed by atoms with E-state index in [9.17, 15) is 0 Å². The summed E-state index contributed by atoms with van der Waals surface area (Å²) in [5.41, 5.74) is 2.07. The van der Waals surface area contributed by atoms with E-state index in [4.69, 9.17) is 4.74 Å². The van der Waals surface area contributed by atoms with Crippen molar-refractivity contribution in [3.63, 3.8) is 0 Å². The largest absolute Gasteiger partial charge is 0.362 e. The Morgan fingerprint density at radius 2 is 2.15 bits per heavy atom. The molecular formula is C9H15N3O. The molecule has 0 aliphatic carbocycles. The zero-order valence-electron chi connectivity index (χ0n) is 8.29. The normalized spacial score (nSPS) is 10.1. The van der Waals surface area contributed by atoms with Crippen LogP contribution < -0.4 is 5.32 Å². The lowest BCUT2D eigenvalue weighted by atomic mass is 10.2. The molecular weight excluding hydrogens is 166 g/mol. The molecule has 0 saturated carbocycles. The monoisotopic (exact) mass is 181 g/mol. The summed E-state index contributed by atoms with van der Waals surface area (Å²) in [6.45, 7) is 7.11. The van der Waals surface area contributed by atoms with E-state index >= 15 is 0 Å². The van der Waals surface area contributed by atoms with Crippen molar-refractivity contribution in [3.05, 3.63) is 17.6 Å². The minimum absolute atomic E-state index is 0.494. The predicted octanol–water partition coefficient (Wildman–Crippen LogP) is 1.50. The molecule has 13 heavy (non-hydrogen) atoms. The van der Waals surface area contributed by atoms with E-state index in [0.29, 0.717) is 13.3 Å². The van der Waals surface area contributed by atoms with Crippen LogP contribution in [0, 0.1) is 13.8 Å². The van der Waals surface area contributed by atoms with Crippen molar-refractivity contribution in [2.24, 2.45) is 0 Å². The molecule has 0 aliphatic heterocycles. The highest BCUT2D eigenvalue weighted by atomic mass is 16.5. The summed E-state index contributed by atoms with van der Waals surface area (Å²) in [5, 5.41) is 3.08. The van der Waals surface area contributed by atoms with Crippen LogP contribution in [0.4, 0.5) is 5.82 Å². The minimum Gasteiger partial charge on any atom is -0.362 e. The average Bonchev–Trinajstić information content (AvgIpc) is 2.13. The van der Waals surface area contributed by atoms with Gasteiger partial charge in [-0.3, -0.25) is 0 Å². The van der Waals surface area contributed by atoms with Gasteiger partial charge in [-0.2, -0.15) is 0 Å². The number of hydrogen-bond donors (Lipinski definition) is 1. The van der Waals surface area contributed by atoms with Crippen LogP contribution in [0.3, 0.4) is 0 Å². The minimum atomic E-state index is 0.494. The first-order valence-electron chi connectivity index (χ1n) is 4.35. The Kier molecular flexibility index (Phi) is 3.64. The van der Waals surface area contributed by atoms with Gasteiger partial charge in [-0.1, -0.05) is 0 Å². The number of nitrogens with one attached hydrogen (secondary N) is 1. The Balaban J connectivity index is 2.61. The van der Waals surface area contributed by atoms with Gasteiger partial charge in [0, 0.05) is 17.9 Å². The zero-order chi connectivity index (χ0) is 9.68. The average molecular weight is 181 g/mol. The maximum atomic E-state index is 5.16. The molecule has 0 fully saturated rings. The number of aryl methyl sites for hydroxylation is 1. The van der Waals surface area contributed by atoms with Gasteiger partial charge in [0.25, 0.3) is 0 Å². The molecule has 1 aromatic heterocycles. The predicted molar refractivity (Wildman–Crippen MR) is 51.6 cm³/mol. The third kappa shape index (κ3) is 2.66. The van der Waals surface area contributed by atoms with Gasteiger partial charge >= 0.3 is 0 Å². The first-order chi connectivity index (χ1) is 6.25. The molecule has 0 bridgehead atoms. The van der Waals surface area contributed by atoms with Gasteiger partial charge in [-0.25, -0.2) is 9.97 Å². The van der Waals surface area contributed by atoms with Crippen molar-refractivity contribution in [2.75, 3.05) is 18.7 Å². The fourth-order valence-electron chi connectivity index (χ4n) is 0.938. The number of aromatic nitrogens is 2. The molecule has 72 valence electrons. The van der Waals surface area contributed by atoms with Crippen molar-refractivity contribution >= 4 is 5.82 Å². The molecule has 0 aromatic carbocycles. The van der Waals surface area contributed by atoms with Gasteiger partial charge in [-0.05, 0) is 20.8 Å². The van der Waals surface area contributed by atoms with Gasteiger partial charge in [0.1, 0.15) is 18.9 Å². The number of rotatable bonds is 4. The summed E-state index contributed by atoms with van der Waals surface area (Å²) in [7, 11) is 0. The summed E-state index contributed by atoms with van der Waals surface area (Å²) < 4.78 is 5.16. The smallest absolute Gasteiger partial charge is 0.134 e. The molecule has 0 radical (unpaired) electrons. The second kappa shape index (κ2) is 4.77. The molecule has 4 heteroatoms. The van der Waals surface area contributed by atoms with Gasteiger partial charge < -0.3 is 10.1 Å². The van der Waals surface area contributed by atoms with Crippen LogP contribution in [0.15, 0.2) is 6.33 Å². The molecule has 1 N–H and O–H groups in total.